The van der Waals surface area contributed by atoms with E-state index in [1.165, 1.54) is 11.3 Å². The number of aromatic nitrogens is 1. The first kappa shape index (κ1) is 14.5. The molecule has 2 aromatic rings. The largest absolute Gasteiger partial charge is 0.370 e. The van der Waals surface area contributed by atoms with Crippen molar-refractivity contribution in [3.05, 3.63) is 51.4 Å². The molecule has 6 heteroatoms. The summed E-state index contributed by atoms with van der Waals surface area (Å²) in [5.41, 5.74) is 3.16. The highest BCUT2D eigenvalue weighted by molar-refractivity contribution is 7.07. The van der Waals surface area contributed by atoms with Crippen molar-refractivity contribution >= 4 is 28.8 Å². The molecule has 0 unspecified atom stereocenters. The van der Waals surface area contributed by atoms with Crippen LogP contribution in [0.25, 0.3) is 0 Å². The second-order valence-electron chi connectivity index (χ2n) is 5.06. The van der Waals surface area contributed by atoms with Crippen molar-refractivity contribution in [1.82, 2.24) is 9.88 Å². The Bertz CT molecular complexity index is 632. The topological polar surface area (TPSA) is 42.4 Å². The van der Waals surface area contributed by atoms with Crippen molar-refractivity contribution < 1.29 is 9.53 Å². The molecule has 0 N–H and O–H groups in total. The second kappa shape index (κ2) is 6.13. The van der Waals surface area contributed by atoms with E-state index < -0.39 is 0 Å². The van der Waals surface area contributed by atoms with E-state index in [2.05, 4.69) is 4.98 Å². The maximum atomic E-state index is 12.5. The number of nitrogens with zero attached hydrogens (tertiary/aromatic N) is 2. The number of carbonyl (C=O) groups is 1. The number of halogens is 1. The van der Waals surface area contributed by atoms with E-state index in [1.807, 2.05) is 36.1 Å². The van der Waals surface area contributed by atoms with Crippen molar-refractivity contribution in [2.45, 2.75) is 19.1 Å². The molecule has 0 spiro atoms. The Labute approximate surface area is 132 Å². The van der Waals surface area contributed by atoms with Gasteiger partial charge in [-0.15, -0.1) is 11.3 Å². The van der Waals surface area contributed by atoms with Crippen molar-refractivity contribution in [1.29, 1.82) is 0 Å². The number of ether oxygens (including phenoxy) is 1. The van der Waals surface area contributed by atoms with Gasteiger partial charge in [-0.25, -0.2) is 4.98 Å². The normalized spacial score (nSPS) is 22.3. The Morgan fingerprint density at radius 1 is 1.52 bits per heavy atom. The summed E-state index contributed by atoms with van der Waals surface area (Å²) in [5.74, 6) is -0.0425. The van der Waals surface area contributed by atoms with E-state index in [1.54, 1.807) is 10.9 Å². The van der Waals surface area contributed by atoms with Crippen molar-refractivity contribution in [2.75, 3.05) is 13.2 Å². The molecule has 2 atom stereocenters. The Hall–Kier alpha value is -1.43. The predicted molar refractivity (Wildman–Crippen MR) is 82.8 cm³/mol. The van der Waals surface area contributed by atoms with Crippen LogP contribution in [-0.2, 0) is 4.74 Å². The number of rotatable bonds is 2. The van der Waals surface area contributed by atoms with Gasteiger partial charge in [-0.05, 0) is 24.6 Å². The molecule has 0 aliphatic carbocycles. The number of benzene rings is 1. The van der Waals surface area contributed by atoms with Gasteiger partial charge in [0.25, 0.3) is 5.91 Å². The van der Waals surface area contributed by atoms with E-state index in [0.717, 1.165) is 5.56 Å². The van der Waals surface area contributed by atoms with Crippen LogP contribution in [0.15, 0.2) is 35.2 Å². The van der Waals surface area contributed by atoms with Crippen LogP contribution < -0.4 is 0 Å². The predicted octanol–water partition coefficient (Wildman–Crippen LogP) is 3.40. The van der Waals surface area contributed by atoms with Gasteiger partial charge in [0.1, 0.15) is 11.8 Å². The fourth-order valence-electron chi connectivity index (χ4n) is 2.41. The third-order valence-electron chi connectivity index (χ3n) is 3.57. The lowest BCUT2D eigenvalue weighted by molar-refractivity contribution is -0.0488. The first-order valence-electron chi connectivity index (χ1n) is 6.71. The molecule has 1 amide bonds. The minimum absolute atomic E-state index is 0.0367. The number of morpholine rings is 1. The number of hydrogen-bond acceptors (Lipinski definition) is 4. The monoisotopic (exact) mass is 322 g/mol. The molecule has 1 saturated heterocycles. The molecule has 1 aromatic carbocycles. The van der Waals surface area contributed by atoms with Gasteiger partial charge in [0, 0.05) is 10.4 Å². The lowest BCUT2D eigenvalue weighted by atomic mass is 10.1. The molecule has 1 aliphatic heterocycles. The molecule has 21 heavy (non-hydrogen) atoms. The maximum Gasteiger partial charge on any atom is 0.273 e. The molecular formula is C15H15ClN2O2S. The molecule has 0 saturated carbocycles. The van der Waals surface area contributed by atoms with Crippen LogP contribution in [0.5, 0.6) is 0 Å². The van der Waals surface area contributed by atoms with Gasteiger partial charge >= 0.3 is 0 Å². The molecule has 0 bridgehead atoms. The highest BCUT2D eigenvalue weighted by atomic mass is 35.5. The standard InChI is InChI=1S/C15H15ClN2O2S/c1-10-7-20-14(11-3-2-4-12(16)5-11)6-18(10)15(19)13-8-21-9-17-13/h2-5,8-10,14H,6-7H2,1H3/t10-,14-/m0/s1. The average Bonchev–Trinajstić information content (AvgIpc) is 3.01. The van der Waals surface area contributed by atoms with Crippen LogP contribution in [0.3, 0.4) is 0 Å². The fraction of sp³-hybridized carbons (Fsp3) is 0.333. The van der Waals surface area contributed by atoms with E-state index in [-0.39, 0.29) is 18.1 Å². The highest BCUT2D eigenvalue weighted by Gasteiger charge is 2.31. The van der Waals surface area contributed by atoms with Crippen LogP contribution >= 0.6 is 22.9 Å². The summed E-state index contributed by atoms with van der Waals surface area (Å²) in [7, 11) is 0. The summed E-state index contributed by atoms with van der Waals surface area (Å²) in [5, 5.41) is 2.45. The third kappa shape index (κ3) is 3.10. The Morgan fingerprint density at radius 2 is 2.38 bits per heavy atom. The maximum absolute atomic E-state index is 12.5. The lowest BCUT2D eigenvalue weighted by Gasteiger charge is -2.38. The zero-order valence-corrected chi connectivity index (χ0v) is 13.1. The van der Waals surface area contributed by atoms with Gasteiger partial charge in [0.15, 0.2) is 0 Å². The van der Waals surface area contributed by atoms with Gasteiger partial charge in [0.2, 0.25) is 0 Å². The molecule has 1 fully saturated rings. The first-order chi connectivity index (χ1) is 10.1. The summed E-state index contributed by atoms with van der Waals surface area (Å²) < 4.78 is 5.86. The SMILES string of the molecule is C[C@H]1CO[C@H](c2cccc(Cl)c2)CN1C(=O)c1cscn1. The van der Waals surface area contributed by atoms with E-state index in [0.29, 0.717) is 23.9 Å². The molecular weight excluding hydrogens is 308 g/mol. The number of thiazole rings is 1. The van der Waals surface area contributed by atoms with E-state index in [9.17, 15) is 4.79 Å². The minimum Gasteiger partial charge on any atom is -0.370 e. The van der Waals surface area contributed by atoms with Crippen molar-refractivity contribution in [2.24, 2.45) is 0 Å². The fourth-order valence-corrected chi connectivity index (χ4v) is 3.14. The Morgan fingerprint density at radius 3 is 3.10 bits per heavy atom. The smallest absolute Gasteiger partial charge is 0.273 e. The van der Waals surface area contributed by atoms with Crippen LogP contribution in [0.1, 0.15) is 29.1 Å². The van der Waals surface area contributed by atoms with Crippen LogP contribution in [-0.4, -0.2) is 35.0 Å². The number of carbonyl (C=O) groups excluding carboxylic acids is 1. The van der Waals surface area contributed by atoms with Gasteiger partial charge < -0.3 is 9.64 Å². The van der Waals surface area contributed by atoms with Crippen LogP contribution in [0.2, 0.25) is 5.02 Å². The molecule has 1 aromatic heterocycles. The number of hydrogen-bond donors (Lipinski definition) is 0. The second-order valence-corrected chi connectivity index (χ2v) is 6.21. The van der Waals surface area contributed by atoms with Crippen molar-refractivity contribution in [3.8, 4) is 0 Å². The highest BCUT2D eigenvalue weighted by Crippen LogP contribution is 2.27. The molecule has 1 aliphatic rings. The van der Waals surface area contributed by atoms with Gasteiger partial charge in [-0.3, -0.25) is 4.79 Å². The molecule has 3 rings (SSSR count). The zero-order valence-electron chi connectivity index (χ0n) is 11.5. The lowest BCUT2D eigenvalue weighted by Crippen LogP contribution is -2.48. The summed E-state index contributed by atoms with van der Waals surface area (Å²) in [4.78, 5) is 18.4. The van der Waals surface area contributed by atoms with Gasteiger partial charge in [0.05, 0.1) is 24.7 Å². The third-order valence-corrected chi connectivity index (χ3v) is 4.39. The first-order valence-corrected chi connectivity index (χ1v) is 8.03. The average molecular weight is 323 g/mol. The number of amides is 1. The molecule has 0 radical (unpaired) electrons. The Kier molecular flexibility index (Phi) is 4.24. The van der Waals surface area contributed by atoms with E-state index in [4.69, 9.17) is 16.3 Å². The summed E-state index contributed by atoms with van der Waals surface area (Å²) >= 11 is 7.45. The van der Waals surface area contributed by atoms with Crippen LogP contribution in [0, 0.1) is 0 Å². The zero-order chi connectivity index (χ0) is 14.8. The van der Waals surface area contributed by atoms with Gasteiger partial charge in [-0.1, -0.05) is 23.7 Å². The van der Waals surface area contributed by atoms with Crippen molar-refractivity contribution in [3.63, 3.8) is 0 Å². The van der Waals surface area contributed by atoms with Crippen LogP contribution in [0.4, 0.5) is 0 Å². The Balaban J connectivity index is 1.80. The quantitative estimate of drug-likeness (QED) is 0.851. The van der Waals surface area contributed by atoms with Gasteiger partial charge in [-0.2, -0.15) is 0 Å². The summed E-state index contributed by atoms with van der Waals surface area (Å²) in [6, 6.07) is 7.61. The van der Waals surface area contributed by atoms with E-state index >= 15 is 0 Å². The summed E-state index contributed by atoms with van der Waals surface area (Å²) in [6.45, 7) is 3.00. The molecule has 4 nitrogen and oxygen atoms in total. The molecule has 110 valence electrons. The summed E-state index contributed by atoms with van der Waals surface area (Å²) in [6.07, 6.45) is -0.150. The molecule has 2 heterocycles. The minimum atomic E-state index is -0.150.